The molecule has 5 rings (SSSR count). The highest BCUT2D eigenvalue weighted by Crippen LogP contribution is 2.45. The van der Waals surface area contributed by atoms with Gasteiger partial charge in [-0.1, -0.05) is 108 Å². The van der Waals surface area contributed by atoms with Crippen LogP contribution in [0.1, 0.15) is 100 Å². The second-order valence-electron chi connectivity index (χ2n) is 12.0. The molecule has 0 radical (unpaired) electrons. The molecule has 1 saturated carbocycles. The number of carbonyl (C=O) groups is 1. The number of benzene rings is 3. The molecule has 0 aromatic heterocycles. The van der Waals surface area contributed by atoms with Crippen LogP contribution in [-0.2, 0) is 16.6 Å². The standard InChI is InChI=1S/C34H41NO2/c1-34(2,3)29-21-20-25(15-11-14-24-12-5-4-6-13-24)22-30(29)35-33(36)23-28-26-16-7-9-18-31(26)37-32-19-10-8-17-27(28)32/h7-10,16-22,24,28H,4-6,11-15,23H2,1-3H3,(H,35,36). The molecule has 3 nitrogen and oxygen atoms in total. The van der Waals surface area contributed by atoms with Crippen LogP contribution < -0.4 is 10.1 Å². The van der Waals surface area contributed by atoms with Gasteiger partial charge in [-0.15, -0.1) is 0 Å². The molecule has 194 valence electrons. The summed E-state index contributed by atoms with van der Waals surface area (Å²) in [6, 6.07) is 22.9. The van der Waals surface area contributed by atoms with Crippen LogP contribution in [0.3, 0.4) is 0 Å². The Kier molecular flexibility index (Phi) is 7.69. The molecule has 0 unspecified atom stereocenters. The van der Waals surface area contributed by atoms with Crippen LogP contribution in [0.15, 0.2) is 66.7 Å². The van der Waals surface area contributed by atoms with Crippen molar-refractivity contribution in [3.8, 4) is 11.5 Å². The Bertz CT molecular complexity index is 1190. The lowest BCUT2D eigenvalue weighted by Crippen LogP contribution is -2.22. The number of hydrogen-bond donors (Lipinski definition) is 1. The number of anilines is 1. The zero-order chi connectivity index (χ0) is 25.8. The van der Waals surface area contributed by atoms with E-state index in [0.29, 0.717) is 6.42 Å². The predicted molar refractivity (Wildman–Crippen MR) is 153 cm³/mol. The second kappa shape index (κ2) is 11.1. The minimum Gasteiger partial charge on any atom is -0.457 e. The van der Waals surface area contributed by atoms with Gasteiger partial charge in [-0.2, -0.15) is 0 Å². The Labute approximate surface area is 222 Å². The fourth-order valence-corrected chi connectivity index (χ4v) is 6.19. The molecule has 1 amide bonds. The van der Waals surface area contributed by atoms with Crippen molar-refractivity contribution in [3.63, 3.8) is 0 Å². The van der Waals surface area contributed by atoms with Gasteiger partial charge in [-0.3, -0.25) is 4.79 Å². The molecule has 1 heterocycles. The van der Waals surface area contributed by atoms with E-state index in [4.69, 9.17) is 4.74 Å². The van der Waals surface area contributed by atoms with Gasteiger partial charge < -0.3 is 10.1 Å². The average Bonchev–Trinajstić information content (AvgIpc) is 2.88. The van der Waals surface area contributed by atoms with E-state index in [-0.39, 0.29) is 17.2 Å². The van der Waals surface area contributed by atoms with E-state index >= 15 is 0 Å². The summed E-state index contributed by atoms with van der Waals surface area (Å²) in [5.41, 5.74) is 5.56. The number of aryl methyl sites for hydroxylation is 1. The van der Waals surface area contributed by atoms with Crippen molar-refractivity contribution in [2.24, 2.45) is 5.92 Å². The normalized spacial score (nSPS) is 16.0. The summed E-state index contributed by atoms with van der Waals surface area (Å²) < 4.78 is 6.14. The van der Waals surface area contributed by atoms with E-state index in [1.165, 1.54) is 56.1 Å². The summed E-state index contributed by atoms with van der Waals surface area (Å²) in [7, 11) is 0. The fraction of sp³-hybridized carbons (Fsp3) is 0.441. The molecule has 0 bridgehead atoms. The van der Waals surface area contributed by atoms with E-state index in [1.807, 2.05) is 36.4 Å². The minimum absolute atomic E-state index is 0.0297. The van der Waals surface area contributed by atoms with Crippen molar-refractivity contribution < 1.29 is 9.53 Å². The van der Waals surface area contributed by atoms with Crippen molar-refractivity contribution in [3.05, 3.63) is 89.0 Å². The summed E-state index contributed by atoms with van der Waals surface area (Å²) >= 11 is 0. The minimum atomic E-state index is -0.0544. The smallest absolute Gasteiger partial charge is 0.225 e. The molecular formula is C34H41NO2. The number of nitrogens with one attached hydrogen (secondary N) is 1. The second-order valence-corrected chi connectivity index (χ2v) is 12.0. The molecule has 37 heavy (non-hydrogen) atoms. The van der Waals surface area contributed by atoms with Crippen LogP contribution in [0.25, 0.3) is 0 Å². The van der Waals surface area contributed by atoms with Gasteiger partial charge in [0.25, 0.3) is 0 Å². The van der Waals surface area contributed by atoms with Crippen LogP contribution in [0.2, 0.25) is 0 Å². The summed E-state index contributed by atoms with van der Waals surface area (Å²) in [5.74, 6) is 2.61. The van der Waals surface area contributed by atoms with E-state index in [9.17, 15) is 4.79 Å². The third-order valence-corrected chi connectivity index (χ3v) is 8.17. The number of rotatable bonds is 7. The molecule has 0 spiro atoms. The molecule has 3 aromatic carbocycles. The highest BCUT2D eigenvalue weighted by Gasteiger charge is 2.29. The largest absolute Gasteiger partial charge is 0.457 e. The van der Waals surface area contributed by atoms with Crippen molar-refractivity contribution in [1.82, 2.24) is 0 Å². The van der Waals surface area contributed by atoms with Crippen molar-refractivity contribution in [1.29, 1.82) is 0 Å². The highest BCUT2D eigenvalue weighted by atomic mass is 16.5. The van der Waals surface area contributed by atoms with Crippen LogP contribution in [0.5, 0.6) is 11.5 Å². The first-order chi connectivity index (χ1) is 17.9. The third-order valence-electron chi connectivity index (χ3n) is 8.17. The number of amides is 1. The van der Waals surface area contributed by atoms with Gasteiger partial charge in [-0.05, 0) is 53.5 Å². The van der Waals surface area contributed by atoms with Crippen LogP contribution in [-0.4, -0.2) is 5.91 Å². The predicted octanol–water partition coefficient (Wildman–Crippen LogP) is 9.15. The molecule has 0 saturated heterocycles. The molecular weight excluding hydrogens is 454 g/mol. The molecule has 1 N–H and O–H groups in total. The molecule has 3 heteroatoms. The molecule has 0 atom stereocenters. The Morgan fingerprint density at radius 1 is 0.892 bits per heavy atom. The quantitative estimate of drug-likeness (QED) is 0.355. The summed E-state index contributed by atoms with van der Waals surface area (Å²) in [4.78, 5) is 13.6. The number of fused-ring (bicyclic) bond motifs is 2. The third kappa shape index (κ3) is 6.09. The lowest BCUT2D eigenvalue weighted by molar-refractivity contribution is -0.116. The maximum absolute atomic E-state index is 13.6. The zero-order valence-corrected chi connectivity index (χ0v) is 22.7. The lowest BCUT2D eigenvalue weighted by atomic mass is 9.83. The fourth-order valence-electron chi connectivity index (χ4n) is 6.19. The van der Waals surface area contributed by atoms with Gasteiger partial charge in [0, 0.05) is 29.2 Å². The summed E-state index contributed by atoms with van der Waals surface area (Å²) in [6.45, 7) is 6.64. The van der Waals surface area contributed by atoms with Gasteiger partial charge in [0.05, 0.1) is 0 Å². The van der Waals surface area contributed by atoms with Crippen molar-refractivity contribution in [2.45, 2.75) is 89.9 Å². The highest BCUT2D eigenvalue weighted by molar-refractivity contribution is 5.93. The SMILES string of the molecule is CC(C)(C)c1ccc(CCCC2CCCCC2)cc1NC(=O)CC1c2ccccc2Oc2ccccc21. The van der Waals surface area contributed by atoms with Gasteiger partial charge in [0.2, 0.25) is 5.91 Å². The van der Waals surface area contributed by atoms with Crippen LogP contribution in [0, 0.1) is 5.92 Å². The van der Waals surface area contributed by atoms with Crippen LogP contribution in [0.4, 0.5) is 5.69 Å². The van der Waals surface area contributed by atoms with Crippen molar-refractivity contribution >= 4 is 11.6 Å². The lowest BCUT2D eigenvalue weighted by Gasteiger charge is -2.28. The molecule has 3 aromatic rings. The number of carbonyl (C=O) groups excluding carboxylic acids is 1. The first kappa shape index (κ1) is 25.6. The molecule has 1 aliphatic heterocycles. The van der Waals surface area contributed by atoms with Gasteiger partial charge in [-0.25, -0.2) is 0 Å². The Hall–Kier alpha value is -3.07. The number of para-hydroxylation sites is 2. The van der Waals surface area contributed by atoms with E-state index < -0.39 is 0 Å². The average molecular weight is 496 g/mol. The maximum Gasteiger partial charge on any atom is 0.225 e. The molecule has 1 fully saturated rings. The van der Waals surface area contributed by atoms with E-state index in [2.05, 4.69) is 56.4 Å². The summed E-state index contributed by atoms with van der Waals surface area (Å²) in [6.07, 6.45) is 11.0. The zero-order valence-electron chi connectivity index (χ0n) is 22.7. The van der Waals surface area contributed by atoms with Gasteiger partial charge >= 0.3 is 0 Å². The van der Waals surface area contributed by atoms with Gasteiger partial charge in [0.1, 0.15) is 11.5 Å². The van der Waals surface area contributed by atoms with Crippen molar-refractivity contribution in [2.75, 3.05) is 5.32 Å². The monoisotopic (exact) mass is 495 g/mol. The molecule has 2 aliphatic rings. The number of hydrogen-bond acceptors (Lipinski definition) is 2. The maximum atomic E-state index is 13.6. The Morgan fingerprint density at radius 2 is 1.54 bits per heavy atom. The topological polar surface area (TPSA) is 38.3 Å². The van der Waals surface area contributed by atoms with Crippen LogP contribution >= 0.6 is 0 Å². The van der Waals surface area contributed by atoms with E-state index in [1.54, 1.807) is 0 Å². The van der Waals surface area contributed by atoms with Gasteiger partial charge in [0.15, 0.2) is 0 Å². The number of ether oxygens (including phenoxy) is 1. The van der Waals surface area contributed by atoms with E-state index in [0.717, 1.165) is 40.7 Å². The summed E-state index contributed by atoms with van der Waals surface area (Å²) in [5, 5.41) is 3.33. The Balaban J connectivity index is 1.33. The Morgan fingerprint density at radius 3 is 2.19 bits per heavy atom. The first-order valence-electron chi connectivity index (χ1n) is 14.2. The molecule has 1 aliphatic carbocycles. The first-order valence-corrected chi connectivity index (χ1v) is 14.2.